The highest BCUT2D eigenvalue weighted by atomic mass is 35.5. The lowest BCUT2D eigenvalue weighted by Gasteiger charge is -2.31. The lowest BCUT2D eigenvalue weighted by molar-refractivity contribution is -0.141. The van der Waals surface area contributed by atoms with Crippen LogP contribution in [0.2, 0.25) is 5.02 Å². The molecule has 0 bridgehead atoms. The van der Waals surface area contributed by atoms with Gasteiger partial charge in [0.15, 0.2) is 11.5 Å². The first-order chi connectivity index (χ1) is 16.0. The first-order valence-corrected chi connectivity index (χ1v) is 11.2. The molecule has 1 aliphatic rings. The van der Waals surface area contributed by atoms with Crippen LogP contribution in [0.15, 0.2) is 72.8 Å². The van der Waals surface area contributed by atoms with Crippen LogP contribution in [0.25, 0.3) is 0 Å². The minimum atomic E-state index is -0.775. The summed E-state index contributed by atoms with van der Waals surface area (Å²) in [4.78, 5) is 28.1. The molecule has 0 radical (unpaired) electrons. The molecule has 0 spiro atoms. The Morgan fingerprint density at radius 1 is 0.970 bits per heavy atom. The van der Waals surface area contributed by atoms with Gasteiger partial charge in [0, 0.05) is 24.5 Å². The largest absolute Gasteiger partial charge is 0.454 e. The highest BCUT2D eigenvalue weighted by Gasteiger charge is 2.30. The Balaban J connectivity index is 1.58. The Morgan fingerprint density at radius 2 is 1.67 bits per heavy atom. The van der Waals surface area contributed by atoms with Crippen molar-refractivity contribution in [2.24, 2.45) is 0 Å². The lowest BCUT2D eigenvalue weighted by atomic mass is 10.0. The van der Waals surface area contributed by atoms with Crippen molar-refractivity contribution >= 4 is 23.4 Å². The van der Waals surface area contributed by atoms with Crippen molar-refractivity contribution < 1.29 is 19.1 Å². The van der Waals surface area contributed by atoms with Gasteiger partial charge in [0.1, 0.15) is 6.04 Å². The fourth-order valence-corrected chi connectivity index (χ4v) is 3.88. The fraction of sp³-hybridized carbons (Fsp3) is 0.231. The molecule has 2 amide bonds. The molecule has 4 rings (SSSR count). The molecule has 0 saturated heterocycles. The highest BCUT2D eigenvalue weighted by Crippen LogP contribution is 2.32. The zero-order chi connectivity index (χ0) is 23.2. The van der Waals surface area contributed by atoms with Gasteiger partial charge in [-0.15, -0.1) is 0 Å². The van der Waals surface area contributed by atoms with Crippen LogP contribution in [0.1, 0.15) is 36.1 Å². The summed E-state index contributed by atoms with van der Waals surface area (Å²) in [6.45, 7) is 2.58. The van der Waals surface area contributed by atoms with Crippen LogP contribution in [0.4, 0.5) is 0 Å². The second kappa shape index (κ2) is 10.4. The number of amides is 2. The van der Waals surface area contributed by atoms with Gasteiger partial charge in [-0.25, -0.2) is 0 Å². The highest BCUT2D eigenvalue weighted by molar-refractivity contribution is 6.30. The van der Waals surface area contributed by atoms with Gasteiger partial charge in [0.2, 0.25) is 18.6 Å². The summed E-state index contributed by atoms with van der Waals surface area (Å²) >= 11 is 6.02. The van der Waals surface area contributed by atoms with Crippen molar-refractivity contribution in [2.45, 2.75) is 32.5 Å². The van der Waals surface area contributed by atoms with Crippen LogP contribution in [0.5, 0.6) is 11.5 Å². The minimum Gasteiger partial charge on any atom is -0.454 e. The van der Waals surface area contributed by atoms with Gasteiger partial charge in [-0.1, -0.05) is 67.1 Å². The standard InChI is InChI=1S/C26H25ClN2O4/c1-2-24(30)29(16-18-8-11-21(27)12-9-18)25(20-6-4-3-5-7-20)26(31)28-15-19-10-13-22-23(14-19)33-17-32-22/h3-14,25H,2,15-17H2,1H3,(H,28,31)/t25-/m1/s1. The average molecular weight is 465 g/mol. The van der Waals surface area contributed by atoms with Crippen LogP contribution < -0.4 is 14.8 Å². The number of rotatable bonds is 8. The molecule has 1 atom stereocenters. The van der Waals surface area contributed by atoms with Gasteiger partial charge in [0.05, 0.1) is 0 Å². The molecule has 0 aliphatic carbocycles. The van der Waals surface area contributed by atoms with E-state index >= 15 is 0 Å². The number of fused-ring (bicyclic) bond motifs is 1. The Hall–Kier alpha value is -3.51. The predicted octanol–water partition coefficient (Wildman–Crippen LogP) is 4.87. The molecule has 6 nitrogen and oxygen atoms in total. The van der Waals surface area contributed by atoms with E-state index in [0.717, 1.165) is 16.7 Å². The fourth-order valence-electron chi connectivity index (χ4n) is 3.76. The number of nitrogens with zero attached hydrogens (tertiary/aromatic N) is 1. The van der Waals surface area contributed by atoms with E-state index < -0.39 is 6.04 Å². The third-order valence-electron chi connectivity index (χ3n) is 5.47. The maximum Gasteiger partial charge on any atom is 0.247 e. The van der Waals surface area contributed by atoms with Gasteiger partial charge in [0.25, 0.3) is 0 Å². The normalized spacial score (nSPS) is 12.8. The maximum atomic E-state index is 13.5. The van der Waals surface area contributed by atoms with E-state index in [1.807, 2.05) is 60.7 Å². The van der Waals surface area contributed by atoms with E-state index in [0.29, 0.717) is 29.6 Å². The number of ether oxygens (including phenoxy) is 2. The van der Waals surface area contributed by atoms with Crippen molar-refractivity contribution in [3.8, 4) is 11.5 Å². The molecule has 7 heteroatoms. The smallest absolute Gasteiger partial charge is 0.247 e. The maximum absolute atomic E-state index is 13.5. The SMILES string of the molecule is CCC(=O)N(Cc1ccc(Cl)cc1)[C@@H](C(=O)NCc1ccc2c(c1)OCO2)c1ccccc1. The van der Waals surface area contributed by atoms with Crippen molar-refractivity contribution in [3.05, 3.63) is 94.5 Å². The summed E-state index contributed by atoms with van der Waals surface area (Å²) in [5, 5.41) is 3.61. The van der Waals surface area contributed by atoms with Gasteiger partial charge in [-0.2, -0.15) is 0 Å². The van der Waals surface area contributed by atoms with Crippen LogP contribution >= 0.6 is 11.6 Å². The molecule has 1 aliphatic heterocycles. The first kappa shape index (κ1) is 22.7. The van der Waals surface area contributed by atoms with Crippen LogP contribution in [0.3, 0.4) is 0 Å². The van der Waals surface area contributed by atoms with Crippen molar-refractivity contribution in [3.63, 3.8) is 0 Å². The molecular weight excluding hydrogens is 440 g/mol. The molecule has 0 unspecified atom stereocenters. The Morgan fingerprint density at radius 3 is 2.39 bits per heavy atom. The minimum absolute atomic E-state index is 0.114. The average Bonchev–Trinajstić information content (AvgIpc) is 3.32. The molecule has 1 N–H and O–H groups in total. The van der Waals surface area contributed by atoms with Crippen molar-refractivity contribution in [1.29, 1.82) is 0 Å². The van der Waals surface area contributed by atoms with Crippen molar-refractivity contribution in [1.82, 2.24) is 10.2 Å². The second-order valence-corrected chi connectivity index (χ2v) is 8.16. The lowest BCUT2D eigenvalue weighted by Crippen LogP contribution is -2.43. The van der Waals surface area contributed by atoms with E-state index in [2.05, 4.69) is 5.32 Å². The summed E-state index contributed by atoms with van der Waals surface area (Å²) in [5.41, 5.74) is 2.52. The third kappa shape index (κ3) is 5.46. The van der Waals surface area contributed by atoms with E-state index in [1.54, 1.807) is 24.0 Å². The zero-order valence-electron chi connectivity index (χ0n) is 18.3. The molecule has 33 heavy (non-hydrogen) atoms. The molecular formula is C26H25ClN2O4. The summed E-state index contributed by atoms with van der Waals surface area (Å²) in [5.74, 6) is 0.980. The third-order valence-corrected chi connectivity index (χ3v) is 5.72. The summed E-state index contributed by atoms with van der Waals surface area (Å²) in [7, 11) is 0. The molecule has 0 saturated carbocycles. The topological polar surface area (TPSA) is 67.9 Å². The molecule has 0 fully saturated rings. The van der Waals surface area contributed by atoms with Gasteiger partial charge in [-0.05, 0) is 41.0 Å². The van der Waals surface area contributed by atoms with E-state index in [9.17, 15) is 9.59 Å². The molecule has 0 aromatic heterocycles. The number of hydrogen-bond acceptors (Lipinski definition) is 4. The predicted molar refractivity (Wildman–Crippen MR) is 126 cm³/mol. The number of nitrogens with one attached hydrogen (secondary N) is 1. The van der Waals surface area contributed by atoms with Crippen molar-refractivity contribution in [2.75, 3.05) is 6.79 Å². The number of carbonyl (C=O) groups excluding carboxylic acids is 2. The molecule has 3 aromatic carbocycles. The quantitative estimate of drug-likeness (QED) is 0.516. The van der Waals surface area contributed by atoms with Crippen LogP contribution in [-0.2, 0) is 22.7 Å². The van der Waals surface area contributed by atoms with Crippen LogP contribution in [0, 0.1) is 0 Å². The Bertz CT molecular complexity index is 1120. The van der Waals surface area contributed by atoms with E-state index in [4.69, 9.17) is 21.1 Å². The molecule has 170 valence electrons. The van der Waals surface area contributed by atoms with Crippen LogP contribution in [-0.4, -0.2) is 23.5 Å². The van der Waals surface area contributed by atoms with Gasteiger partial charge < -0.3 is 19.7 Å². The number of benzene rings is 3. The van der Waals surface area contributed by atoms with E-state index in [1.165, 1.54) is 0 Å². The summed E-state index contributed by atoms with van der Waals surface area (Å²) < 4.78 is 10.8. The molecule has 1 heterocycles. The monoisotopic (exact) mass is 464 g/mol. The Kier molecular flexibility index (Phi) is 7.15. The number of halogens is 1. The van der Waals surface area contributed by atoms with Gasteiger partial charge in [-0.3, -0.25) is 9.59 Å². The number of carbonyl (C=O) groups is 2. The summed E-state index contributed by atoms with van der Waals surface area (Å²) in [6, 6.07) is 21.4. The zero-order valence-corrected chi connectivity index (χ0v) is 19.0. The molecule has 3 aromatic rings. The summed E-state index contributed by atoms with van der Waals surface area (Å²) in [6.07, 6.45) is 0.284. The number of hydrogen-bond donors (Lipinski definition) is 1. The Labute approximate surface area is 198 Å². The van der Waals surface area contributed by atoms with Gasteiger partial charge >= 0.3 is 0 Å². The van der Waals surface area contributed by atoms with E-state index in [-0.39, 0.29) is 25.0 Å². The first-order valence-electron chi connectivity index (χ1n) is 10.8. The second-order valence-electron chi connectivity index (χ2n) is 7.72.